The molecule has 1 aliphatic heterocycles. The Bertz CT molecular complexity index is 695. The SMILES string of the molecule is COC[C@@H]1CN(C(=O)OC(C)(C)C)[C@@H](C)CN1C(C(=O)[O-])c1ccc(F)cc1.[Na+]. The van der Waals surface area contributed by atoms with Crippen molar-refractivity contribution >= 4 is 12.1 Å². The van der Waals surface area contributed by atoms with Crippen LogP contribution in [0.3, 0.4) is 0 Å². The van der Waals surface area contributed by atoms with Crippen molar-refractivity contribution in [3.05, 3.63) is 35.6 Å². The Morgan fingerprint density at radius 2 is 1.83 bits per heavy atom. The van der Waals surface area contributed by atoms with E-state index in [9.17, 15) is 19.1 Å². The molecule has 0 aliphatic carbocycles. The summed E-state index contributed by atoms with van der Waals surface area (Å²) >= 11 is 0. The first-order valence-corrected chi connectivity index (χ1v) is 9.24. The van der Waals surface area contributed by atoms with E-state index in [0.29, 0.717) is 5.56 Å². The topological polar surface area (TPSA) is 82.1 Å². The number of nitrogens with zero attached hydrogens (tertiary/aromatic N) is 2. The van der Waals surface area contributed by atoms with Gasteiger partial charge in [-0.2, -0.15) is 0 Å². The minimum absolute atomic E-state index is 0. The van der Waals surface area contributed by atoms with E-state index in [0.717, 1.165) is 0 Å². The summed E-state index contributed by atoms with van der Waals surface area (Å²) in [6.07, 6.45) is -0.451. The van der Waals surface area contributed by atoms with Crippen LogP contribution >= 0.6 is 0 Å². The summed E-state index contributed by atoms with van der Waals surface area (Å²) in [5.74, 6) is -1.73. The molecule has 1 aromatic rings. The first kappa shape index (κ1) is 25.8. The molecule has 0 aromatic heterocycles. The summed E-state index contributed by atoms with van der Waals surface area (Å²) in [5, 5.41) is 12.0. The maximum absolute atomic E-state index is 13.3. The van der Waals surface area contributed by atoms with Gasteiger partial charge in [-0.25, -0.2) is 9.18 Å². The average molecular weight is 418 g/mol. The number of carbonyl (C=O) groups excluding carboxylic acids is 2. The van der Waals surface area contributed by atoms with Crippen LogP contribution in [-0.2, 0) is 14.3 Å². The van der Waals surface area contributed by atoms with Gasteiger partial charge in [-0.3, -0.25) is 4.90 Å². The molecule has 1 unspecified atom stereocenters. The predicted octanol–water partition coefficient (Wildman–Crippen LogP) is -1.42. The molecule has 9 heteroatoms. The van der Waals surface area contributed by atoms with E-state index in [1.165, 1.54) is 31.4 Å². The summed E-state index contributed by atoms with van der Waals surface area (Å²) < 4.78 is 24.0. The first-order valence-electron chi connectivity index (χ1n) is 9.24. The summed E-state index contributed by atoms with van der Waals surface area (Å²) in [5.41, 5.74) is -0.216. The fourth-order valence-corrected chi connectivity index (χ4v) is 3.40. The molecule has 3 atom stereocenters. The number of piperazine rings is 1. The molecule has 0 bridgehead atoms. The smallest absolute Gasteiger partial charge is 0.548 e. The minimum atomic E-state index is -1.29. The van der Waals surface area contributed by atoms with Crippen LogP contribution in [0.4, 0.5) is 9.18 Å². The maximum Gasteiger partial charge on any atom is 1.00 e. The zero-order valence-electron chi connectivity index (χ0n) is 18.0. The number of ether oxygens (including phenoxy) is 2. The van der Waals surface area contributed by atoms with E-state index in [1.54, 1.807) is 30.6 Å². The number of halogens is 1. The van der Waals surface area contributed by atoms with Crippen molar-refractivity contribution in [3.63, 3.8) is 0 Å². The zero-order valence-corrected chi connectivity index (χ0v) is 20.0. The summed E-state index contributed by atoms with van der Waals surface area (Å²) in [6, 6.07) is 3.55. The van der Waals surface area contributed by atoms with Crippen LogP contribution in [0, 0.1) is 5.82 Å². The van der Waals surface area contributed by atoms with Crippen LogP contribution < -0.4 is 34.7 Å². The van der Waals surface area contributed by atoms with E-state index in [2.05, 4.69) is 0 Å². The number of carboxylic acid groups (broad SMARTS) is 1. The van der Waals surface area contributed by atoms with Crippen LogP contribution in [0.5, 0.6) is 0 Å². The van der Waals surface area contributed by atoms with Crippen LogP contribution in [0.1, 0.15) is 39.3 Å². The monoisotopic (exact) mass is 418 g/mol. The third kappa shape index (κ3) is 6.93. The van der Waals surface area contributed by atoms with Crippen molar-refractivity contribution in [2.75, 3.05) is 26.8 Å². The molecule has 1 amide bonds. The fourth-order valence-electron chi connectivity index (χ4n) is 3.40. The molecule has 0 N–H and O–H groups in total. The molecule has 0 radical (unpaired) electrons. The summed E-state index contributed by atoms with van der Waals surface area (Å²) in [6.45, 7) is 7.95. The molecule has 0 saturated carbocycles. The molecule has 29 heavy (non-hydrogen) atoms. The average Bonchev–Trinajstić information content (AvgIpc) is 2.57. The maximum atomic E-state index is 13.3. The fraction of sp³-hybridized carbons (Fsp3) is 0.600. The number of hydrogen-bond acceptors (Lipinski definition) is 6. The van der Waals surface area contributed by atoms with Crippen LogP contribution in [-0.4, -0.2) is 66.4 Å². The summed E-state index contributed by atoms with van der Waals surface area (Å²) in [7, 11) is 1.51. The second kappa shape index (κ2) is 10.7. The van der Waals surface area contributed by atoms with Crippen molar-refractivity contribution < 1.29 is 58.1 Å². The largest absolute Gasteiger partial charge is 1.00 e. The van der Waals surface area contributed by atoms with Crippen molar-refractivity contribution in [1.82, 2.24) is 9.80 Å². The van der Waals surface area contributed by atoms with Gasteiger partial charge in [-0.05, 0) is 45.4 Å². The van der Waals surface area contributed by atoms with E-state index in [-0.39, 0.29) is 61.3 Å². The zero-order chi connectivity index (χ0) is 21.1. The van der Waals surface area contributed by atoms with E-state index in [1.807, 2.05) is 6.92 Å². The van der Waals surface area contributed by atoms with Gasteiger partial charge in [0, 0.05) is 26.2 Å². The van der Waals surface area contributed by atoms with Gasteiger partial charge < -0.3 is 24.3 Å². The van der Waals surface area contributed by atoms with Crippen molar-refractivity contribution in [1.29, 1.82) is 0 Å². The molecule has 1 fully saturated rings. The van der Waals surface area contributed by atoms with E-state index < -0.39 is 29.5 Å². The molecule has 0 spiro atoms. The van der Waals surface area contributed by atoms with Crippen LogP contribution in [0.25, 0.3) is 0 Å². The van der Waals surface area contributed by atoms with Gasteiger partial charge in [0.15, 0.2) is 0 Å². The van der Waals surface area contributed by atoms with Crippen molar-refractivity contribution in [3.8, 4) is 0 Å². The quantitative estimate of drug-likeness (QED) is 0.546. The third-order valence-corrected chi connectivity index (χ3v) is 4.61. The third-order valence-electron chi connectivity index (χ3n) is 4.61. The van der Waals surface area contributed by atoms with E-state index >= 15 is 0 Å². The second-order valence-electron chi connectivity index (χ2n) is 8.06. The molecule has 1 aliphatic rings. The van der Waals surface area contributed by atoms with Gasteiger partial charge in [0.05, 0.1) is 24.7 Å². The molecule has 1 aromatic carbocycles. The minimum Gasteiger partial charge on any atom is -0.548 e. The van der Waals surface area contributed by atoms with Crippen molar-refractivity contribution in [2.24, 2.45) is 0 Å². The standard InChI is InChI=1S/C20H29FN2O5.Na/c1-13-10-23(17(18(24)25)14-6-8-15(21)9-7-14)16(12-27-5)11-22(13)19(26)28-20(2,3)4;/h6-9,13,16-17H,10-12H2,1-5H3,(H,24,25);/q;+1/p-1/t13-,16-,17?;/m0./s1. The predicted molar refractivity (Wildman–Crippen MR) is 98.9 cm³/mol. The van der Waals surface area contributed by atoms with Crippen LogP contribution in [0.15, 0.2) is 24.3 Å². The number of aliphatic carboxylic acids is 1. The molecule has 1 heterocycles. The van der Waals surface area contributed by atoms with Crippen molar-refractivity contribution in [2.45, 2.75) is 51.4 Å². The number of hydrogen-bond donors (Lipinski definition) is 0. The van der Waals surface area contributed by atoms with Crippen LogP contribution in [0.2, 0.25) is 0 Å². The molecular weight excluding hydrogens is 390 g/mol. The van der Waals surface area contributed by atoms with E-state index in [4.69, 9.17) is 9.47 Å². The molecule has 156 valence electrons. The Morgan fingerprint density at radius 1 is 1.24 bits per heavy atom. The molecule has 7 nitrogen and oxygen atoms in total. The first-order chi connectivity index (χ1) is 13.0. The van der Waals surface area contributed by atoms with Gasteiger partial charge in [0.2, 0.25) is 0 Å². The Balaban J connectivity index is 0.00000420. The Hall–Kier alpha value is -1.19. The number of carbonyl (C=O) groups is 2. The Kier molecular flexibility index (Phi) is 9.56. The Labute approximate surface area is 193 Å². The van der Waals surface area contributed by atoms with Gasteiger partial charge in [0.25, 0.3) is 0 Å². The summed E-state index contributed by atoms with van der Waals surface area (Å²) in [4.78, 5) is 27.8. The van der Waals surface area contributed by atoms with Gasteiger partial charge in [-0.1, -0.05) is 12.1 Å². The molecular formula is C20H28FN2NaO5. The van der Waals surface area contributed by atoms with Gasteiger partial charge in [0.1, 0.15) is 11.4 Å². The Morgan fingerprint density at radius 3 is 2.31 bits per heavy atom. The number of methoxy groups -OCH3 is 1. The number of amides is 1. The second-order valence-corrected chi connectivity index (χ2v) is 8.06. The normalized spacial score (nSPS) is 21.2. The molecule has 2 rings (SSSR count). The van der Waals surface area contributed by atoms with Gasteiger partial charge >= 0.3 is 35.7 Å². The van der Waals surface area contributed by atoms with Gasteiger partial charge in [-0.15, -0.1) is 0 Å². The number of carboxylic acids is 1. The molecule has 1 saturated heterocycles. The number of rotatable bonds is 5. The number of benzene rings is 1.